The summed E-state index contributed by atoms with van der Waals surface area (Å²) in [4.78, 5) is 116. The largest absolute Gasteiger partial charge is 0.480 e. The van der Waals surface area contributed by atoms with Crippen molar-refractivity contribution in [3.63, 3.8) is 0 Å². The molecule has 68 heavy (non-hydrogen) atoms. The molecule has 384 valence electrons. The van der Waals surface area contributed by atoms with Gasteiger partial charge in [-0.1, -0.05) is 0 Å². The Morgan fingerprint density at radius 3 is 1.32 bits per heavy atom. The van der Waals surface area contributed by atoms with E-state index in [1.807, 2.05) is 0 Å². The number of carboxylic acid groups (broad SMARTS) is 2. The zero-order valence-electron chi connectivity index (χ0n) is 39.0. The summed E-state index contributed by atoms with van der Waals surface area (Å²) < 4.78 is 0. The van der Waals surface area contributed by atoms with Crippen molar-refractivity contribution in [3.8, 4) is 0 Å². The summed E-state index contributed by atoms with van der Waals surface area (Å²) in [5, 5.41) is 37.2. The van der Waals surface area contributed by atoms with E-state index >= 15 is 0 Å². The van der Waals surface area contributed by atoms with Crippen molar-refractivity contribution in [2.75, 3.05) is 39.3 Å². The Kier molecular flexibility index (Phi) is 24.7. The molecule has 26 heteroatoms. The van der Waals surface area contributed by atoms with Gasteiger partial charge in [0.25, 0.3) is 0 Å². The van der Waals surface area contributed by atoms with Crippen LogP contribution in [0.1, 0.15) is 116 Å². The molecule has 0 radical (unpaired) electrons. The van der Waals surface area contributed by atoms with Crippen LogP contribution in [-0.2, 0) is 38.4 Å². The first-order valence-corrected chi connectivity index (χ1v) is 23.7. The van der Waals surface area contributed by atoms with Gasteiger partial charge in [-0.25, -0.2) is 0 Å². The van der Waals surface area contributed by atoms with Crippen molar-refractivity contribution in [1.82, 2.24) is 41.7 Å². The van der Waals surface area contributed by atoms with E-state index in [4.69, 9.17) is 34.4 Å². The second kappa shape index (κ2) is 29.8. The zero-order chi connectivity index (χ0) is 50.2. The van der Waals surface area contributed by atoms with Gasteiger partial charge in [0, 0.05) is 52.1 Å². The topological polar surface area (TPSA) is 437 Å². The van der Waals surface area contributed by atoms with Crippen molar-refractivity contribution in [2.45, 2.75) is 164 Å². The minimum absolute atomic E-state index is 0.00751. The van der Waals surface area contributed by atoms with Crippen LogP contribution in [0.25, 0.3) is 0 Å². The van der Waals surface area contributed by atoms with E-state index in [0.717, 1.165) is 0 Å². The molecule has 0 saturated carbocycles. The number of amides is 6. The average molecular weight is 965 g/mol. The molecule has 0 aromatic heterocycles. The van der Waals surface area contributed by atoms with Crippen LogP contribution in [0.3, 0.4) is 0 Å². The summed E-state index contributed by atoms with van der Waals surface area (Å²) in [6, 6.07) is -5.94. The van der Waals surface area contributed by atoms with Crippen molar-refractivity contribution >= 4 is 59.3 Å². The monoisotopic (exact) mass is 965 g/mol. The number of fused-ring (bicyclic) bond motifs is 2. The number of carbonyl (C=O) groups excluding carboxylic acids is 6. The van der Waals surface area contributed by atoms with Gasteiger partial charge in [0.2, 0.25) is 35.4 Å². The van der Waals surface area contributed by atoms with Crippen molar-refractivity contribution in [2.24, 2.45) is 44.4 Å². The van der Waals surface area contributed by atoms with E-state index in [1.54, 1.807) is 0 Å². The van der Waals surface area contributed by atoms with Gasteiger partial charge in [0.1, 0.15) is 24.2 Å². The molecule has 20 N–H and O–H groups in total. The van der Waals surface area contributed by atoms with Crippen LogP contribution in [0.5, 0.6) is 0 Å². The molecule has 3 saturated heterocycles. The van der Waals surface area contributed by atoms with Crippen molar-refractivity contribution < 1.29 is 48.6 Å². The summed E-state index contributed by atoms with van der Waals surface area (Å²) in [5.41, 5.74) is 34.3. The van der Waals surface area contributed by atoms with Gasteiger partial charge < -0.3 is 75.7 Å². The first kappa shape index (κ1) is 56.5. The first-order chi connectivity index (χ1) is 32.4. The molecule has 0 bridgehead atoms. The van der Waals surface area contributed by atoms with E-state index in [9.17, 15) is 48.6 Å². The lowest BCUT2D eigenvalue weighted by Gasteiger charge is -2.30. The molecule has 0 spiro atoms. The number of rotatable bonds is 14. The molecular weight excluding hydrogens is 889 g/mol. The Morgan fingerprint density at radius 2 is 0.971 bits per heavy atom. The Hall–Kier alpha value is -5.86. The fourth-order valence-corrected chi connectivity index (χ4v) is 8.42. The second-order valence-electron chi connectivity index (χ2n) is 17.5. The van der Waals surface area contributed by atoms with Crippen LogP contribution in [0.4, 0.5) is 0 Å². The molecule has 3 aliphatic rings. The van der Waals surface area contributed by atoms with Crippen molar-refractivity contribution in [1.29, 1.82) is 0 Å². The number of aliphatic carboxylic acids is 2. The molecule has 0 unspecified atom stereocenters. The Bertz CT molecular complexity index is 1640. The number of nitrogens with two attached hydrogens (primary N) is 6. The smallest absolute Gasteiger partial charge is 0.320 e. The van der Waals surface area contributed by atoms with E-state index in [2.05, 4.69) is 41.9 Å². The van der Waals surface area contributed by atoms with Gasteiger partial charge in [0.15, 0.2) is 11.9 Å². The highest BCUT2D eigenvalue weighted by molar-refractivity contribution is 5.91. The third-order valence-electron chi connectivity index (χ3n) is 12.1. The fourth-order valence-electron chi connectivity index (χ4n) is 8.42. The molecule has 26 nitrogen and oxygen atoms in total. The summed E-state index contributed by atoms with van der Waals surface area (Å²) in [6.07, 6.45) is 2.74. The van der Waals surface area contributed by atoms with Crippen LogP contribution in [0.2, 0.25) is 0 Å². The maximum Gasteiger partial charge on any atom is 0.320 e. The quantitative estimate of drug-likeness (QED) is 0.0446. The van der Waals surface area contributed by atoms with Crippen LogP contribution in [0.15, 0.2) is 9.98 Å². The lowest BCUT2D eigenvalue weighted by Crippen LogP contribution is -2.57. The lowest BCUT2D eigenvalue weighted by molar-refractivity contribution is -0.142. The highest BCUT2D eigenvalue weighted by Gasteiger charge is 2.39. The number of carboxylic acids is 2. The van der Waals surface area contributed by atoms with Crippen LogP contribution < -0.4 is 66.3 Å². The number of guanidine groups is 2. The first-order valence-electron chi connectivity index (χ1n) is 23.7. The van der Waals surface area contributed by atoms with Crippen LogP contribution in [-0.4, -0.2) is 167 Å². The molecule has 3 rings (SSSR count). The van der Waals surface area contributed by atoms with E-state index < -0.39 is 84.1 Å². The molecule has 0 aliphatic carbocycles. The number of hydrogen-bond donors (Lipinski definition) is 14. The second-order valence-corrected chi connectivity index (χ2v) is 17.5. The fraction of sp³-hybridized carbons (Fsp3) is 0.762. The van der Waals surface area contributed by atoms with Crippen LogP contribution >= 0.6 is 0 Å². The summed E-state index contributed by atoms with van der Waals surface area (Å²) >= 11 is 0. The van der Waals surface area contributed by atoms with Gasteiger partial charge in [0.05, 0.1) is 24.4 Å². The molecule has 0 aromatic rings. The Morgan fingerprint density at radius 1 is 0.588 bits per heavy atom. The number of carbonyl (C=O) groups is 8. The van der Waals surface area contributed by atoms with E-state index in [-0.39, 0.29) is 114 Å². The maximum atomic E-state index is 13.8. The highest BCUT2D eigenvalue weighted by atomic mass is 16.4. The van der Waals surface area contributed by atoms with E-state index in [0.29, 0.717) is 64.2 Å². The number of nitrogens with zero attached hydrogens (tertiary/aromatic N) is 4. The molecular formula is C42H76N16O10. The molecule has 3 fully saturated rings. The highest BCUT2D eigenvalue weighted by Crippen LogP contribution is 2.21. The van der Waals surface area contributed by atoms with Gasteiger partial charge in [-0.05, 0) is 103 Å². The standard InChI is InChI=1S/C42H76N16O10/c43-25-9-1-3-19-49-33(59)17-15-31(53-27(39(65)66)11-5-21-51-41(45)46)56-36(62)30-14-8-24-58(30)38(64)26(44)10-2-4-20-50-34(60)18-16-32(54-28(40(67)68)12-6-22-52-42(47)48)55-35(61)29-13-7-23-57(29)37(25)63/h25-32,53-54H,1-24,43-44H2,(H,49,59)(H,50,60)(H,55,61)(H,56,62)(H,65,66)(H,67,68)(H4,45,46,51)(H4,47,48,52)/t25-,26-,27-,28-,29+,30+,31-,32-/m0/s1. The van der Waals surface area contributed by atoms with Crippen LogP contribution in [0, 0.1) is 0 Å². The molecule has 0 aromatic carbocycles. The normalized spacial score (nSPS) is 25.9. The predicted octanol–water partition coefficient (Wildman–Crippen LogP) is -4.15. The lowest BCUT2D eigenvalue weighted by atomic mass is 10.1. The van der Waals surface area contributed by atoms with Gasteiger partial charge in [-0.15, -0.1) is 0 Å². The molecule has 3 aliphatic heterocycles. The van der Waals surface area contributed by atoms with E-state index in [1.165, 1.54) is 9.80 Å². The minimum Gasteiger partial charge on any atom is -0.480 e. The minimum atomic E-state index is -1.19. The third kappa shape index (κ3) is 20.2. The zero-order valence-corrected chi connectivity index (χ0v) is 39.0. The molecule has 8 atom stereocenters. The van der Waals surface area contributed by atoms with Gasteiger partial charge in [-0.2, -0.15) is 0 Å². The van der Waals surface area contributed by atoms with Gasteiger partial charge >= 0.3 is 11.9 Å². The van der Waals surface area contributed by atoms with Crippen molar-refractivity contribution in [3.05, 3.63) is 0 Å². The SMILES string of the molecule is NC(N)=NCCC[C@H](N[C@@H]1CCC(=O)NCCCC[C@H](N)C(=O)N2CCC[C@@H]2C(=O)N[C@H](N[C@@H](CCCN=C(N)N)C(=O)O)CCC(=O)NCCCC[C@H](N)C(=O)N2CCC[C@@H]2C(=O)N1)C(=O)O. The number of aliphatic imine (C=N–C) groups is 2. The van der Waals surface area contributed by atoms with Gasteiger partial charge in [-0.3, -0.25) is 59.0 Å². The maximum absolute atomic E-state index is 13.8. The summed E-state index contributed by atoms with van der Waals surface area (Å²) in [6.45, 7) is 1.39. The molecule has 6 amide bonds. The Labute approximate surface area is 396 Å². The summed E-state index contributed by atoms with van der Waals surface area (Å²) in [7, 11) is 0. The third-order valence-corrected chi connectivity index (χ3v) is 12.1. The predicted molar refractivity (Wildman–Crippen MR) is 250 cm³/mol. The average Bonchev–Trinajstić information content (AvgIpc) is 3.99. The number of hydrogen-bond acceptors (Lipinski definition) is 14. The Balaban J connectivity index is 1.77. The molecule has 3 heterocycles. The summed E-state index contributed by atoms with van der Waals surface area (Å²) in [5.74, 6) is -5.31. The number of nitrogens with one attached hydrogen (secondary N) is 6.